The number of carbonyl (C=O) groups excluding carboxylic acids is 3. The molecule has 0 spiro atoms. The highest BCUT2D eigenvalue weighted by Gasteiger charge is 2.24. The number of nitrogen functional groups attached to an aromatic ring is 1. The molecular formula is C26H21F2N5O3S. The summed E-state index contributed by atoms with van der Waals surface area (Å²) in [4.78, 5) is 42.2. The second-order valence-electron chi connectivity index (χ2n) is 7.94. The third kappa shape index (κ3) is 5.62. The molecule has 2 amide bonds. The van der Waals surface area contributed by atoms with E-state index in [1.54, 1.807) is 55.6 Å². The molecule has 0 saturated heterocycles. The Morgan fingerprint density at radius 1 is 0.919 bits per heavy atom. The Kier molecular flexibility index (Phi) is 7.25. The quantitative estimate of drug-likeness (QED) is 0.287. The number of anilines is 5. The molecule has 1 aromatic heterocycles. The van der Waals surface area contributed by atoms with Gasteiger partial charge in [0.2, 0.25) is 11.7 Å². The Morgan fingerprint density at radius 3 is 2.11 bits per heavy atom. The van der Waals surface area contributed by atoms with Gasteiger partial charge in [-0.15, -0.1) is 0 Å². The minimum Gasteiger partial charge on any atom is -0.382 e. The number of aromatic nitrogens is 1. The number of halogens is 2. The summed E-state index contributed by atoms with van der Waals surface area (Å²) >= 11 is 0.858. The van der Waals surface area contributed by atoms with Crippen LogP contribution in [0.2, 0.25) is 0 Å². The van der Waals surface area contributed by atoms with Crippen LogP contribution in [0.15, 0.2) is 66.7 Å². The van der Waals surface area contributed by atoms with Gasteiger partial charge in [-0.1, -0.05) is 17.4 Å². The Bertz CT molecular complexity index is 1470. The number of nitrogens with zero attached hydrogens (tertiary/aromatic N) is 2. The molecule has 3 aromatic carbocycles. The lowest BCUT2D eigenvalue weighted by atomic mass is 10.1. The molecule has 4 aromatic rings. The Hall–Kier alpha value is -4.64. The van der Waals surface area contributed by atoms with E-state index >= 15 is 0 Å². The standard InChI is InChI=1S/C26H21F2N5O3S/c1-14(34)33(2)18-12-10-16(11-13-18)30-25(36)15-6-8-17(9-7-15)31-26-32-24(29)23(37-26)22(35)21-19(27)4-3-5-20(21)28/h3-13H,29H2,1-2H3,(H,30,36)(H,31,32). The highest BCUT2D eigenvalue weighted by Crippen LogP contribution is 2.31. The summed E-state index contributed by atoms with van der Waals surface area (Å²) in [6, 6.07) is 16.4. The molecule has 0 radical (unpaired) electrons. The third-order valence-electron chi connectivity index (χ3n) is 5.43. The second-order valence-corrected chi connectivity index (χ2v) is 8.94. The van der Waals surface area contributed by atoms with Gasteiger partial charge in [-0.2, -0.15) is 0 Å². The van der Waals surface area contributed by atoms with E-state index in [2.05, 4.69) is 15.6 Å². The maximum atomic E-state index is 14.0. The summed E-state index contributed by atoms with van der Waals surface area (Å²) in [5, 5.41) is 5.99. The predicted molar refractivity (Wildman–Crippen MR) is 140 cm³/mol. The minimum atomic E-state index is -0.986. The lowest BCUT2D eigenvalue weighted by Gasteiger charge is -2.15. The zero-order valence-corrected chi connectivity index (χ0v) is 20.5. The first kappa shape index (κ1) is 25.5. The number of nitrogens with two attached hydrogens (primary N) is 1. The lowest BCUT2D eigenvalue weighted by molar-refractivity contribution is -0.116. The third-order valence-corrected chi connectivity index (χ3v) is 6.42. The molecule has 0 aliphatic heterocycles. The summed E-state index contributed by atoms with van der Waals surface area (Å²) in [5.74, 6) is -3.46. The molecule has 8 nitrogen and oxygen atoms in total. The lowest BCUT2D eigenvalue weighted by Crippen LogP contribution is -2.22. The molecule has 4 N–H and O–H groups in total. The van der Waals surface area contributed by atoms with Gasteiger partial charge in [-0.05, 0) is 60.7 Å². The summed E-state index contributed by atoms with van der Waals surface area (Å²) in [6.07, 6.45) is 0. The number of hydrogen-bond donors (Lipinski definition) is 3. The molecular weight excluding hydrogens is 500 g/mol. The minimum absolute atomic E-state index is 0.0944. The predicted octanol–water partition coefficient (Wildman–Crippen LogP) is 5.21. The Labute approximate surface area is 214 Å². The molecule has 0 aliphatic carbocycles. The van der Waals surface area contributed by atoms with Gasteiger partial charge in [0, 0.05) is 36.6 Å². The average Bonchev–Trinajstić information content (AvgIpc) is 3.24. The molecule has 0 unspecified atom stereocenters. The zero-order valence-electron chi connectivity index (χ0n) is 19.7. The molecule has 4 rings (SSSR count). The molecule has 0 fully saturated rings. The second kappa shape index (κ2) is 10.5. The monoisotopic (exact) mass is 521 g/mol. The first-order valence-electron chi connectivity index (χ1n) is 10.9. The van der Waals surface area contributed by atoms with Gasteiger partial charge in [-0.25, -0.2) is 13.8 Å². The van der Waals surface area contributed by atoms with Crippen molar-refractivity contribution in [2.45, 2.75) is 6.92 Å². The molecule has 0 saturated carbocycles. The van der Waals surface area contributed by atoms with Gasteiger partial charge in [0.1, 0.15) is 22.3 Å². The van der Waals surface area contributed by atoms with Crippen LogP contribution in [0.25, 0.3) is 0 Å². The summed E-state index contributed by atoms with van der Waals surface area (Å²) in [7, 11) is 1.66. The normalized spacial score (nSPS) is 10.6. The van der Waals surface area contributed by atoms with Crippen LogP contribution in [0.5, 0.6) is 0 Å². The van der Waals surface area contributed by atoms with Gasteiger partial charge in [0.15, 0.2) is 5.13 Å². The fourth-order valence-electron chi connectivity index (χ4n) is 3.36. The molecule has 0 bridgehead atoms. The van der Waals surface area contributed by atoms with E-state index in [4.69, 9.17) is 5.73 Å². The maximum Gasteiger partial charge on any atom is 0.255 e. The highest BCUT2D eigenvalue weighted by atomic mass is 32.1. The molecule has 0 aliphatic rings. The Balaban J connectivity index is 1.42. The molecule has 37 heavy (non-hydrogen) atoms. The fourth-order valence-corrected chi connectivity index (χ4v) is 4.21. The number of benzene rings is 3. The Morgan fingerprint density at radius 2 is 1.51 bits per heavy atom. The number of hydrogen-bond acceptors (Lipinski definition) is 7. The number of nitrogens with one attached hydrogen (secondary N) is 2. The van der Waals surface area contributed by atoms with Crippen LogP contribution in [0.1, 0.15) is 32.5 Å². The van der Waals surface area contributed by atoms with Crippen LogP contribution in [-0.2, 0) is 4.79 Å². The van der Waals surface area contributed by atoms with Gasteiger partial charge in [-0.3, -0.25) is 14.4 Å². The highest BCUT2D eigenvalue weighted by molar-refractivity contribution is 7.18. The van der Waals surface area contributed by atoms with Crippen molar-refractivity contribution in [1.82, 2.24) is 4.98 Å². The van der Waals surface area contributed by atoms with Crippen LogP contribution in [0, 0.1) is 11.6 Å². The van der Waals surface area contributed by atoms with Crippen LogP contribution in [-0.4, -0.2) is 29.6 Å². The molecule has 0 atom stereocenters. The van der Waals surface area contributed by atoms with Crippen molar-refractivity contribution in [3.8, 4) is 0 Å². The van der Waals surface area contributed by atoms with Crippen LogP contribution in [0.4, 0.5) is 36.8 Å². The molecule has 1 heterocycles. The number of amides is 2. The van der Waals surface area contributed by atoms with Crippen molar-refractivity contribution < 1.29 is 23.2 Å². The van der Waals surface area contributed by atoms with E-state index in [0.29, 0.717) is 22.6 Å². The van der Waals surface area contributed by atoms with Gasteiger partial charge >= 0.3 is 0 Å². The van der Waals surface area contributed by atoms with E-state index in [0.717, 1.165) is 23.5 Å². The summed E-state index contributed by atoms with van der Waals surface area (Å²) < 4.78 is 28.0. The fraction of sp³-hybridized carbons (Fsp3) is 0.0769. The van der Waals surface area contributed by atoms with Crippen LogP contribution in [0.3, 0.4) is 0 Å². The van der Waals surface area contributed by atoms with E-state index in [1.807, 2.05) is 0 Å². The first-order chi connectivity index (χ1) is 17.6. The van der Waals surface area contributed by atoms with Crippen molar-refractivity contribution in [2.24, 2.45) is 0 Å². The SMILES string of the molecule is CC(=O)N(C)c1ccc(NC(=O)c2ccc(Nc3nc(N)c(C(=O)c4c(F)cccc4F)s3)cc2)cc1. The topological polar surface area (TPSA) is 117 Å². The van der Waals surface area contributed by atoms with Gasteiger partial charge in [0.25, 0.3) is 5.91 Å². The average molecular weight is 522 g/mol. The zero-order chi connectivity index (χ0) is 26.7. The van der Waals surface area contributed by atoms with Crippen molar-refractivity contribution in [3.63, 3.8) is 0 Å². The van der Waals surface area contributed by atoms with Gasteiger partial charge < -0.3 is 21.3 Å². The van der Waals surface area contributed by atoms with Crippen molar-refractivity contribution in [2.75, 3.05) is 28.3 Å². The smallest absolute Gasteiger partial charge is 0.255 e. The number of thiazole rings is 1. The van der Waals surface area contributed by atoms with Crippen LogP contribution < -0.4 is 21.3 Å². The summed E-state index contributed by atoms with van der Waals surface area (Å²) in [5.41, 5.74) is 7.35. The number of ketones is 1. The maximum absolute atomic E-state index is 14.0. The van der Waals surface area contributed by atoms with Crippen molar-refractivity contribution in [3.05, 3.63) is 94.4 Å². The van der Waals surface area contributed by atoms with Crippen molar-refractivity contribution >= 4 is 56.9 Å². The summed E-state index contributed by atoms with van der Waals surface area (Å²) in [6.45, 7) is 1.46. The number of carbonyl (C=O) groups is 3. The van der Waals surface area contributed by atoms with Crippen molar-refractivity contribution in [1.29, 1.82) is 0 Å². The van der Waals surface area contributed by atoms with E-state index < -0.39 is 23.0 Å². The van der Waals surface area contributed by atoms with Gasteiger partial charge in [0.05, 0.1) is 5.56 Å². The van der Waals surface area contributed by atoms with Crippen LogP contribution >= 0.6 is 11.3 Å². The first-order valence-corrected chi connectivity index (χ1v) is 11.7. The van der Waals surface area contributed by atoms with E-state index in [9.17, 15) is 23.2 Å². The van der Waals surface area contributed by atoms with E-state index in [-0.39, 0.29) is 27.6 Å². The largest absolute Gasteiger partial charge is 0.382 e. The molecule has 11 heteroatoms. The number of rotatable bonds is 7. The molecule has 188 valence electrons. The van der Waals surface area contributed by atoms with E-state index in [1.165, 1.54) is 17.9 Å².